The van der Waals surface area contributed by atoms with Crippen molar-refractivity contribution in [1.82, 2.24) is 5.32 Å². The average Bonchev–Trinajstić information content (AvgIpc) is 2.91. The first-order chi connectivity index (χ1) is 17.4. The number of nitrogens with two attached hydrogens (primary N) is 3. The lowest BCUT2D eigenvalue weighted by Crippen LogP contribution is -2.61. The Bertz CT molecular complexity index is 1120. The van der Waals surface area contributed by atoms with Gasteiger partial charge in [0.15, 0.2) is 17.3 Å². The molecule has 0 heterocycles. The number of rotatable bonds is 12. The second kappa shape index (κ2) is 14.2. The van der Waals surface area contributed by atoms with Crippen molar-refractivity contribution in [1.29, 1.82) is 0 Å². The molecular weight excluding hydrogens is 486 g/mol. The van der Waals surface area contributed by atoms with Crippen LogP contribution in [0.1, 0.15) is 54.8 Å². The quantitative estimate of drug-likeness (QED) is 0.124. The molecule has 7 N–H and O–H groups in total. The Labute approximate surface area is 225 Å². The van der Waals surface area contributed by atoms with Crippen molar-refractivity contribution in [3.63, 3.8) is 0 Å². The third kappa shape index (κ3) is 7.65. The number of Topliss-reactive ketones (excluding diaryl/α,β-unsaturated/α-hetero) is 1. The van der Waals surface area contributed by atoms with Crippen LogP contribution in [0, 0.1) is 0 Å². The molecule has 7 nitrogen and oxygen atoms in total. The van der Waals surface area contributed by atoms with Crippen molar-refractivity contribution in [3.05, 3.63) is 108 Å². The van der Waals surface area contributed by atoms with E-state index in [-0.39, 0.29) is 43.2 Å². The molecule has 0 saturated heterocycles. The lowest BCUT2D eigenvalue weighted by atomic mass is 9.76. The highest BCUT2D eigenvalue weighted by molar-refractivity contribution is 6.14. The van der Waals surface area contributed by atoms with Crippen LogP contribution >= 0.6 is 12.4 Å². The van der Waals surface area contributed by atoms with Crippen molar-refractivity contribution in [3.8, 4) is 0 Å². The van der Waals surface area contributed by atoms with E-state index in [1.807, 2.05) is 97.9 Å². The van der Waals surface area contributed by atoms with E-state index < -0.39 is 17.4 Å². The first-order valence-electron chi connectivity index (χ1n) is 12.2. The van der Waals surface area contributed by atoms with Crippen LogP contribution in [0.4, 0.5) is 0 Å². The summed E-state index contributed by atoms with van der Waals surface area (Å²) in [6.45, 7) is 2.24. The third-order valence-corrected chi connectivity index (χ3v) is 6.31. The summed E-state index contributed by atoms with van der Waals surface area (Å²) in [6, 6.07) is 28.2. The number of ketones is 1. The highest BCUT2D eigenvalue weighted by atomic mass is 35.5. The first-order valence-corrected chi connectivity index (χ1v) is 12.2. The minimum Gasteiger partial charge on any atom is -0.370 e. The van der Waals surface area contributed by atoms with Gasteiger partial charge in [0, 0.05) is 6.54 Å². The number of halogens is 1. The van der Waals surface area contributed by atoms with Gasteiger partial charge in [-0.05, 0) is 36.0 Å². The van der Waals surface area contributed by atoms with Gasteiger partial charge in [-0.3, -0.25) is 14.6 Å². The Morgan fingerprint density at radius 3 is 1.73 bits per heavy atom. The van der Waals surface area contributed by atoms with Crippen molar-refractivity contribution in [2.75, 3.05) is 6.54 Å². The van der Waals surface area contributed by atoms with Crippen LogP contribution in [-0.4, -0.2) is 29.7 Å². The summed E-state index contributed by atoms with van der Waals surface area (Å²) in [4.78, 5) is 32.1. The molecule has 3 aromatic carbocycles. The van der Waals surface area contributed by atoms with Gasteiger partial charge in [-0.1, -0.05) is 97.9 Å². The van der Waals surface area contributed by atoms with Gasteiger partial charge in [-0.15, -0.1) is 12.4 Å². The van der Waals surface area contributed by atoms with E-state index >= 15 is 0 Å². The summed E-state index contributed by atoms with van der Waals surface area (Å²) in [7, 11) is 0. The second-order valence-electron chi connectivity index (χ2n) is 8.85. The summed E-state index contributed by atoms with van der Waals surface area (Å²) >= 11 is 0. The molecule has 0 aliphatic rings. The SMILES string of the molecule is CC[C@H](NC(=O)[C@@](N)(CCCN=C(N)N)C(=O)C(c1ccccc1)c1ccccc1)c1ccccc1.Cl. The van der Waals surface area contributed by atoms with E-state index in [1.54, 1.807) is 0 Å². The molecule has 3 rings (SSSR count). The number of amides is 1. The number of hydrogen-bond acceptors (Lipinski definition) is 4. The molecule has 37 heavy (non-hydrogen) atoms. The Morgan fingerprint density at radius 2 is 1.30 bits per heavy atom. The van der Waals surface area contributed by atoms with Crippen molar-refractivity contribution < 1.29 is 9.59 Å². The average molecular weight is 522 g/mol. The molecule has 0 fully saturated rings. The van der Waals surface area contributed by atoms with Gasteiger partial charge in [0.05, 0.1) is 12.0 Å². The predicted molar refractivity (Wildman–Crippen MR) is 151 cm³/mol. The minimum absolute atomic E-state index is 0. The number of aliphatic imine (C=N–C) groups is 1. The fourth-order valence-corrected chi connectivity index (χ4v) is 4.35. The fourth-order valence-electron chi connectivity index (χ4n) is 4.35. The van der Waals surface area contributed by atoms with Crippen LogP contribution in [0.2, 0.25) is 0 Å². The van der Waals surface area contributed by atoms with Crippen LogP contribution in [0.3, 0.4) is 0 Å². The van der Waals surface area contributed by atoms with Crippen molar-refractivity contribution in [2.45, 2.75) is 43.7 Å². The van der Waals surface area contributed by atoms with E-state index in [4.69, 9.17) is 17.2 Å². The fraction of sp³-hybridized carbons (Fsp3) is 0.276. The molecule has 0 aromatic heterocycles. The van der Waals surface area contributed by atoms with Crippen molar-refractivity contribution in [2.24, 2.45) is 22.2 Å². The maximum atomic E-state index is 14.3. The number of nitrogens with one attached hydrogen (secondary N) is 1. The lowest BCUT2D eigenvalue weighted by Gasteiger charge is -2.33. The lowest BCUT2D eigenvalue weighted by molar-refractivity contribution is -0.137. The summed E-state index contributed by atoms with van der Waals surface area (Å²) in [5.74, 6) is -1.63. The molecule has 196 valence electrons. The minimum atomic E-state index is -1.79. The number of benzene rings is 3. The zero-order chi connectivity index (χ0) is 26.0. The molecule has 8 heteroatoms. The van der Waals surface area contributed by atoms with Crippen LogP contribution in [0.25, 0.3) is 0 Å². The Kier molecular flexibility index (Phi) is 11.3. The molecule has 0 spiro atoms. The largest absolute Gasteiger partial charge is 0.370 e. The molecule has 0 bridgehead atoms. The zero-order valence-electron chi connectivity index (χ0n) is 21.0. The molecule has 1 amide bonds. The molecule has 0 aliphatic carbocycles. The molecule has 0 aliphatic heterocycles. The highest BCUT2D eigenvalue weighted by Crippen LogP contribution is 2.31. The number of nitrogens with zero attached hydrogens (tertiary/aromatic N) is 1. The summed E-state index contributed by atoms with van der Waals surface area (Å²) in [5.41, 5.74) is 18.4. The number of carbonyl (C=O) groups is 2. The van der Waals surface area contributed by atoms with E-state index in [9.17, 15) is 9.59 Å². The topological polar surface area (TPSA) is 137 Å². The summed E-state index contributed by atoms with van der Waals surface area (Å²) < 4.78 is 0. The van der Waals surface area contributed by atoms with Crippen LogP contribution < -0.4 is 22.5 Å². The molecule has 3 aromatic rings. The maximum absolute atomic E-state index is 14.3. The summed E-state index contributed by atoms with van der Waals surface area (Å²) in [5, 5.41) is 3.04. The van der Waals surface area contributed by atoms with Gasteiger partial charge in [-0.25, -0.2) is 0 Å². The van der Waals surface area contributed by atoms with E-state index in [0.29, 0.717) is 12.8 Å². The normalized spacial score (nSPS) is 13.1. The Hall–Kier alpha value is -3.68. The predicted octanol–water partition coefficient (Wildman–Crippen LogP) is 3.83. The third-order valence-electron chi connectivity index (χ3n) is 6.31. The Morgan fingerprint density at radius 1 is 0.838 bits per heavy atom. The highest BCUT2D eigenvalue weighted by Gasteiger charge is 2.46. The molecule has 0 unspecified atom stereocenters. The van der Waals surface area contributed by atoms with Gasteiger partial charge in [-0.2, -0.15) is 0 Å². The van der Waals surface area contributed by atoms with Crippen molar-refractivity contribution >= 4 is 30.1 Å². The van der Waals surface area contributed by atoms with Gasteiger partial charge in [0.1, 0.15) is 0 Å². The van der Waals surface area contributed by atoms with Gasteiger partial charge in [0.25, 0.3) is 0 Å². The van der Waals surface area contributed by atoms with E-state index in [2.05, 4.69) is 10.3 Å². The zero-order valence-corrected chi connectivity index (χ0v) is 21.9. The van der Waals surface area contributed by atoms with Gasteiger partial charge < -0.3 is 22.5 Å². The standard InChI is InChI=1S/C29H35N5O2.ClH/c1-2-24(21-13-6-3-7-14-21)34-27(36)29(32,19-12-20-33-28(30)31)26(35)25(22-15-8-4-9-16-22)23-17-10-5-11-18-23;/h3-11,13-18,24-25H,2,12,19-20,32H2,1H3,(H,34,36)(H4,30,31,33);1H/t24-,29+;/m0./s1. The van der Waals surface area contributed by atoms with Crippen LogP contribution in [0.15, 0.2) is 96.0 Å². The van der Waals surface area contributed by atoms with Crippen LogP contribution in [0.5, 0.6) is 0 Å². The Balaban J connectivity index is 0.00000481. The first kappa shape index (κ1) is 29.5. The van der Waals surface area contributed by atoms with Gasteiger partial charge >= 0.3 is 0 Å². The maximum Gasteiger partial charge on any atom is 0.248 e. The van der Waals surface area contributed by atoms with Gasteiger partial charge in [0.2, 0.25) is 5.91 Å². The summed E-state index contributed by atoms with van der Waals surface area (Å²) in [6.07, 6.45) is 1.11. The van der Waals surface area contributed by atoms with E-state index in [1.165, 1.54) is 0 Å². The molecule has 0 saturated carbocycles. The smallest absolute Gasteiger partial charge is 0.248 e. The van der Waals surface area contributed by atoms with Crippen LogP contribution in [-0.2, 0) is 9.59 Å². The monoisotopic (exact) mass is 521 g/mol. The number of guanidine groups is 1. The molecule has 0 radical (unpaired) electrons. The number of carbonyl (C=O) groups excluding carboxylic acids is 2. The van der Waals surface area contributed by atoms with E-state index in [0.717, 1.165) is 16.7 Å². The molecular formula is C29H36ClN5O2. The number of hydrogen-bond donors (Lipinski definition) is 4. The second-order valence-corrected chi connectivity index (χ2v) is 8.85. The molecule has 2 atom stereocenters.